The van der Waals surface area contributed by atoms with Gasteiger partial charge in [0.2, 0.25) is 0 Å². The van der Waals surface area contributed by atoms with E-state index in [0.717, 1.165) is 26.2 Å². The van der Waals surface area contributed by atoms with Crippen molar-refractivity contribution in [2.24, 2.45) is 0 Å². The largest absolute Gasteiger partial charge is 0.343 e. The van der Waals surface area contributed by atoms with E-state index in [2.05, 4.69) is 36.0 Å². The van der Waals surface area contributed by atoms with Gasteiger partial charge in [-0.25, -0.2) is 4.98 Å². The lowest BCUT2D eigenvalue weighted by molar-refractivity contribution is 0.275. The first kappa shape index (κ1) is 12.8. The second kappa shape index (κ2) is 5.33. The van der Waals surface area contributed by atoms with Crippen molar-refractivity contribution in [1.82, 2.24) is 15.2 Å². The van der Waals surface area contributed by atoms with E-state index in [0.29, 0.717) is 6.04 Å². The molecule has 1 aromatic rings. The molecule has 1 atom stereocenters. The lowest BCUT2D eigenvalue weighted by Gasteiger charge is -2.38. The number of piperazine rings is 1. The maximum Gasteiger partial charge on any atom is 0.186 e. The minimum atomic E-state index is 0.557. The zero-order valence-corrected chi connectivity index (χ0v) is 12.0. The highest BCUT2D eigenvalue weighted by Crippen LogP contribution is 2.28. The fraction of sp³-hybridized carbons (Fsp3) is 0.750. The molecule has 17 heavy (non-hydrogen) atoms. The molecule has 5 heteroatoms. The first-order valence-corrected chi connectivity index (χ1v) is 6.99. The van der Waals surface area contributed by atoms with Gasteiger partial charge in [-0.2, -0.15) is 0 Å². The molecule has 2 rings (SSSR count). The van der Waals surface area contributed by atoms with E-state index in [1.807, 2.05) is 18.4 Å². The summed E-state index contributed by atoms with van der Waals surface area (Å²) in [6.07, 6.45) is 0. The molecule has 2 heterocycles. The van der Waals surface area contributed by atoms with Crippen LogP contribution in [0.1, 0.15) is 17.5 Å². The number of anilines is 1. The number of aromatic nitrogens is 1. The minimum Gasteiger partial charge on any atom is -0.343 e. The van der Waals surface area contributed by atoms with E-state index >= 15 is 0 Å². The van der Waals surface area contributed by atoms with E-state index in [-0.39, 0.29) is 0 Å². The monoisotopic (exact) mass is 254 g/mol. The van der Waals surface area contributed by atoms with Crippen molar-refractivity contribution in [3.05, 3.63) is 10.6 Å². The van der Waals surface area contributed by atoms with Crippen molar-refractivity contribution in [2.45, 2.75) is 26.4 Å². The molecule has 1 unspecified atom stereocenters. The molecular weight excluding hydrogens is 232 g/mol. The van der Waals surface area contributed by atoms with Crippen LogP contribution >= 0.6 is 11.3 Å². The van der Waals surface area contributed by atoms with Crippen molar-refractivity contribution in [1.29, 1.82) is 0 Å². The van der Waals surface area contributed by atoms with Crippen LogP contribution in [0.5, 0.6) is 0 Å². The van der Waals surface area contributed by atoms with Gasteiger partial charge in [0.15, 0.2) is 5.13 Å². The van der Waals surface area contributed by atoms with Crippen molar-refractivity contribution >= 4 is 16.5 Å². The van der Waals surface area contributed by atoms with Gasteiger partial charge in [-0.3, -0.25) is 0 Å². The number of hydrogen-bond acceptors (Lipinski definition) is 5. The van der Waals surface area contributed by atoms with Crippen LogP contribution < -0.4 is 10.2 Å². The number of likely N-dealkylation sites (N-methyl/N-ethyl adjacent to an activating group) is 1. The zero-order chi connectivity index (χ0) is 12.4. The van der Waals surface area contributed by atoms with Crippen molar-refractivity contribution < 1.29 is 0 Å². The van der Waals surface area contributed by atoms with E-state index in [4.69, 9.17) is 4.98 Å². The van der Waals surface area contributed by atoms with Crippen molar-refractivity contribution in [3.63, 3.8) is 0 Å². The summed E-state index contributed by atoms with van der Waals surface area (Å²) >= 11 is 1.83. The number of thiazole rings is 1. The van der Waals surface area contributed by atoms with Gasteiger partial charge < -0.3 is 15.1 Å². The Bertz CT molecular complexity index is 377. The summed E-state index contributed by atoms with van der Waals surface area (Å²) in [6.45, 7) is 8.65. The molecule has 0 aliphatic carbocycles. The van der Waals surface area contributed by atoms with Crippen molar-refractivity contribution in [3.8, 4) is 0 Å². The molecule has 0 saturated carbocycles. The van der Waals surface area contributed by atoms with Gasteiger partial charge in [-0.05, 0) is 27.9 Å². The maximum absolute atomic E-state index is 4.71. The second-order valence-electron chi connectivity index (χ2n) is 4.84. The maximum atomic E-state index is 4.71. The Morgan fingerprint density at radius 3 is 2.88 bits per heavy atom. The Morgan fingerprint density at radius 1 is 1.47 bits per heavy atom. The summed E-state index contributed by atoms with van der Waals surface area (Å²) in [7, 11) is 4.17. The number of hydrogen-bond donors (Lipinski definition) is 1. The van der Waals surface area contributed by atoms with Gasteiger partial charge in [0.05, 0.1) is 5.69 Å². The molecule has 96 valence electrons. The van der Waals surface area contributed by atoms with Crippen LogP contribution in [0.4, 0.5) is 5.13 Å². The summed E-state index contributed by atoms with van der Waals surface area (Å²) in [5, 5.41) is 4.39. The summed E-state index contributed by atoms with van der Waals surface area (Å²) in [5.74, 6) is 0. The molecular formula is C12H22N4S. The molecule has 0 aromatic carbocycles. The van der Waals surface area contributed by atoms with Gasteiger partial charge in [-0.15, -0.1) is 11.3 Å². The average Bonchev–Trinajstić information content (AvgIpc) is 2.60. The van der Waals surface area contributed by atoms with Gasteiger partial charge in [0, 0.05) is 37.1 Å². The van der Waals surface area contributed by atoms with Crippen LogP contribution in [0.2, 0.25) is 0 Å². The van der Waals surface area contributed by atoms with E-state index in [9.17, 15) is 0 Å². The van der Waals surface area contributed by atoms with Crippen LogP contribution in [0.25, 0.3) is 0 Å². The molecule has 1 saturated heterocycles. The topological polar surface area (TPSA) is 31.4 Å². The third kappa shape index (κ3) is 2.78. The van der Waals surface area contributed by atoms with Crippen LogP contribution in [-0.4, -0.2) is 49.7 Å². The van der Waals surface area contributed by atoms with Gasteiger partial charge >= 0.3 is 0 Å². The molecule has 1 aliphatic heterocycles. The molecule has 1 aliphatic rings. The second-order valence-corrected chi connectivity index (χ2v) is 5.90. The summed E-state index contributed by atoms with van der Waals surface area (Å²) in [5.41, 5.74) is 1.17. The Labute approximate surface area is 108 Å². The standard InChI is InChI=1S/C12H22N4S/c1-9-8-15(4)5-6-16(9)12-14-10(2)11(17-12)7-13-3/h9,13H,5-8H2,1-4H3. The normalized spacial score (nSPS) is 22.1. The van der Waals surface area contributed by atoms with Crippen molar-refractivity contribution in [2.75, 3.05) is 38.6 Å². The van der Waals surface area contributed by atoms with Crippen LogP contribution in [0.15, 0.2) is 0 Å². The molecule has 0 spiro atoms. The Kier molecular flexibility index (Phi) is 4.01. The molecule has 1 aromatic heterocycles. The minimum absolute atomic E-state index is 0.557. The van der Waals surface area contributed by atoms with Gasteiger partial charge in [0.25, 0.3) is 0 Å². The Hall–Kier alpha value is -0.650. The number of aryl methyl sites for hydroxylation is 1. The number of nitrogens with zero attached hydrogens (tertiary/aromatic N) is 3. The van der Waals surface area contributed by atoms with E-state index in [1.54, 1.807) is 0 Å². The zero-order valence-electron chi connectivity index (χ0n) is 11.2. The first-order valence-electron chi connectivity index (χ1n) is 6.18. The Balaban J connectivity index is 2.13. The van der Waals surface area contributed by atoms with Gasteiger partial charge in [0.1, 0.15) is 0 Å². The predicted octanol–water partition coefficient (Wildman–Crippen LogP) is 1.31. The lowest BCUT2D eigenvalue weighted by Crippen LogP contribution is -2.50. The van der Waals surface area contributed by atoms with Crippen LogP contribution in [0, 0.1) is 6.92 Å². The van der Waals surface area contributed by atoms with Crippen LogP contribution in [-0.2, 0) is 6.54 Å². The number of nitrogens with one attached hydrogen (secondary N) is 1. The first-order chi connectivity index (χ1) is 8.11. The average molecular weight is 254 g/mol. The number of rotatable bonds is 3. The highest BCUT2D eigenvalue weighted by molar-refractivity contribution is 7.15. The fourth-order valence-corrected chi connectivity index (χ4v) is 3.49. The third-order valence-electron chi connectivity index (χ3n) is 3.29. The molecule has 0 bridgehead atoms. The molecule has 1 N–H and O–H groups in total. The fourth-order valence-electron chi connectivity index (χ4n) is 2.28. The predicted molar refractivity (Wildman–Crippen MR) is 73.9 cm³/mol. The molecule has 0 amide bonds. The SMILES string of the molecule is CNCc1sc(N2CCN(C)CC2C)nc1C. The van der Waals surface area contributed by atoms with E-state index in [1.165, 1.54) is 15.7 Å². The smallest absolute Gasteiger partial charge is 0.186 e. The van der Waals surface area contributed by atoms with E-state index < -0.39 is 0 Å². The molecule has 1 fully saturated rings. The summed E-state index contributed by atoms with van der Waals surface area (Å²) in [6, 6.07) is 0.557. The summed E-state index contributed by atoms with van der Waals surface area (Å²) < 4.78 is 0. The molecule has 4 nitrogen and oxygen atoms in total. The quantitative estimate of drug-likeness (QED) is 0.881. The van der Waals surface area contributed by atoms with Gasteiger partial charge in [-0.1, -0.05) is 0 Å². The Morgan fingerprint density at radius 2 is 2.24 bits per heavy atom. The highest BCUT2D eigenvalue weighted by atomic mass is 32.1. The summed E-state index contributed by atoms with van der Waals surface area (Å²) in [4.78, 5) is 10.9. The van der Waals surface area contributed by atoms with Crippen LogP contribution in [0.3, 0.4) is 0 Å². The third-order valence-corrected chi connectivity index (χ3v) is 4.49. The molecule has 0 radical (unpaired) electrons. The highest BCUT2D eigenvalue weighted by Gasteiger charge is 2.24. The lowest BCUT2D eigenvalue weighted by atomic mass is 10.2.